The molecule has 1 unspecified atom stereocenters. The number of halogens is 3. The molecule has 1 atom stereocenters. The maximum Gasteiger partial charge on any atom is 0.416 e. The van der Waals surface area contributed by atoms with Gasteiger partial charge in [0, 0.05) is 18.5 Å². The van der Waals surface area contributed by atoms with Crippen molar-refractivity contribution in [3.8, 4) is 5.75 Å². The molecule has 0 aromatic heterocycles. The van der Waals surface area contributed by atoms with E-state index in [9.17, 15) is 31.2 Å². The molecule has 49 heavy (non-hydrogen) atoms. The van der Waals surface area contributed by atoms with Crippen LogP contribution in [0.4, 0.5) is 18.9 Å². The highest BCUT2D eigenvalue weighted by molar-refractivity contribution is 7.92. The van der Waals surface area contributed by atoms with Crippen LogP contribution in [-0.4, -0.2) is 50.4 Å². The minimum absolute atomic E-state index is 0.0761. The Kier molecular flexibility index (Phi) is 11.4. The molecule has 0 saturated heterocycles. The Labute approximate surface area is 285 Å². The number of methoxy groups -OCH3 is 1. The van der Waals surface area contributed by atoms with Crippen LogP contribution in [0.2, 0.25) is 0 Å². The first-order valence-electron chi connectivity index (χ1n) is 15.5. The monoisotopic (exact) mass is 695 g/mol. The molecule has 2 amide bonds. The van der Waals surface area contributed by atoms with Gasteiger partial charge in [-0.2, -0.15) is 13.2 Å². The van der Waals surface area contributed by atoms with E-state index in [0.29, 0.717) is 21.7 Å². The quantitative estimate of drug-likeness (QED) is 0.177. The fourth-order valence-electron chi connectivity index (χ4n) is 5.18. The number of carbonyl (C=O) groups is 2. The van der Waals surface area contributed by atoms with Gasteiger partial charge in [-0.15, -0.1) is 0 Å². The summed E-state index contributed by atoms with van der Waals surface area (Å²) in [6, 6.07) is 24.3. The molecule has 0 aliphatic heterocycles. The molecular formula is C37H40F3N3O5S. The van der Waals surface area contributed by atoms with Crippen LogP contribution >= 0.6 is 0 Å². The number of alkyl halides is 3. The second-order valence-electron chi connectivity index (χ2n) is 12.7. The lowest BCUT2D eigenvalue weighted by molar-refractivity contribution is -0.140. The van der Waals surface area contributed by atoms with Crippen LogP contribution in [0, 0.1) is 6.92 Å². The van der Waals surface area contributed by atoms with Gasteiger partial charge in [-0.25, -0.2) is 8.42 Å². The van der Waals surface area contributed by atoms with Crippen molar-refractivity contribution in [1.82, 2.24) is 10.2 Å². The van der Waals surface area contributed by atoms with E-state index in [1.54, 1.807) is 76.2 Å². The van der Waals surface area contributed by atoms with Gasteiger partial charge in [0.05, 0.1) is 23.3 Å². The number of amides is 2. The van der Waals surface area contributed by atoms with Crippen LogP contribution in [0.15, 0.2) is 108 Å². The van der Waals surface area contributed by atoms with E-state index in [-0.39, 0.29) is 23.5 Å². The molecule has 0 bridgehead atoms. The molecular weight excluding hydrogens is 655 g/mol. The number of hydrogen-bond acceptors (Lipinski definition) is 5. The number of aryl methyl sites for hydroxylation is 1. The van der Waals surface area contributed by atoms with Crippen LogP contribution in [0.5, 0.6) is 5.75 Å². The zero-order chi connectivity index (χ0) is 36.0. The standard InChI is InChI=1S/C37H40F3N3O5S/c1-26-17-19-32(20-18-26)49(46,47)43(30-15-10-14-29(23-30)37(38,39)40)25-34(44)42(24-28-13-9-16-31(21-28)48-5)33(35(45)41-36(2,3)4)22-27-11-7-6-8-12-27/h6-21,23,33H,22,24-25H2,1-5H3,(H,41,45). The third kappa shape index (κ3) is 9.85. The van der Waals surface area contributed by atoms with Crippen molar-refractivity contribution < 1.29 is 35.9 Å². The number of nitrogens with zero attached hydrogens (tertiary/aromatic N) is 2. The molecule has 4 aromatic carbocycles. The Morgan fingerprint density at radius 2 is 1.47 bits per heavy atom. The first-order valence-corrected chi connectivity index (χ1v) is 17.0. The number of carbonyl (C=O) groups excluding carboxylic acids is 2. The smallest absolute Gasteiger partial charge is 0.416 e. The molecule has 0 heterocycles. The van der Waals surface area contributed by atoms with Gasteiger partial charge in [-0.05, 0) is 81.3 Å². The molecule has 0 spiro atoms. The SMILES string of the molecule is COc1cccc(CN(C(=O)CN(c2cccc(C(F)(F)F)c2)S(=O)(=O)c2ccc(C)cc2)C(Cc2ccccc2)C(=O)NC(C)(C)C)c1. The number of sulfonamides is 1. The van der Waals surface area contributed by atoms with Crippen LogP contribution < -0.4 is 14.4 Å². The number of nitrogens with one attached hydrogen (secondary N) is 1. The normalized spacial score (nSPS) is 12.6. The Hall–Kier alpha value is -4.84. The third-order valence-electron chi connectivity index (χ3n) is 7.61. The molecule has 0 radical (unpaired) electrons. The first-order chi connectivity index (χ1) is 23.0. The topological polar surface area (TPSA) is 96.0 Å². The Bertz CT molecular complexity index is 1860. The summed E-state index contributed by atoms with van der Waals surface area (Å²) < 4.78 is 75.8. The summed E-state index contributed by atoms with van der Waals surface area (Å²) in [4.78, 5) is 29.6. The van der Waals surface area contributed by atoms with Crippen LogP contribution in [-0.2, 0) is 38.8 Å². The minimum Gasteiger partial charge on any atom is -0.497 e. The zero-order valence-electron chi connectivity index (χ0n) is 28.0. The van der Waals surface area contributed by atoms with Gasteiger partial charge in [0.1, 0.15) is 18.3 Å². The Balaban J connectivity index is 1.87. The van der Waals surface area contributed by atoms with Gasteiger partial charge in [0.2, 0.25) is 11.8 Å². The minimum atomic E-state index is -4.77. The Morgan fingerprint density at radius 3 is 2.08 bits per heavy atom. The third-order valence-corrected chi connectivity index (χ3v) is 9.39. The second-order valence-corrected chi connectivity index (χ2v) is 14.6. The molecule has 4 aromatic rings. The van der Waals surface area contributed by atoms with E-state index in [4.69, 9.17) is 4.74 Å². The molecule has 8 nitrogen and oxygen atoms in total. The molecule has 260 valence electrons. The summed E-state index contributed by atoms with van der Waals surface area (Å²) in [5, 5.41) is 2.94. The van der Waals surface area contributed by atoms with Crippen LogP contribution in [0.3, 0.4) is 0 Å². The molecule has 0 saturated carbocycles. The van der Waals surface area contributed by atoms with Crippen LogP contribution in [0.1, 0.15) is 43.0 Å². The van der Waals surface area contributed by atoms with Crippen molar-refractivity contribution in [3.63, 3.8) is 0 Å². The summed E-state index contributed by atoms with van der Waals surface area (Å²) in [6.07, 6.45) is -4.70. The van der Waals surface area contributed by atoms with Crippen molar-refractivity contribution in [2.24, 2.45) is 0 Å². The fraction of sp³-hybridized carbons (Fsp3) is 0.297. The number of anilines is 1. The van der Waals surface area contributed by atoms with Crippen LogP contribution in [0.25, 0.3) is 0 Å². The zero-order valence-corrected chi connectivity index (χ0v) is 28.8. The number of rotatable bonds is 12. The molecule has 0 aliphatic rings. The van der Waals surface area contributed by atoms with Crippen molar-refractivity contribution in [3.05, 3.63) is 125 Å². The summed E-state index contributed by atoms with van der Waals surface area (Å²) in [5.74, 6) is -0.795. The predicted octanol–water partition coefficient (Wildman–Crippen LogP) is 6.77. The van der Waals surface area contributed by atoms with Gasteiger partial charge in [0.25, 0.3) is 10.0 Å². The highest BCUT2D eigenvalue weighted by atomic mass is 32.2. The first kappa shape index (κ1) is 37.0. The Morgan fingerprint density at radius 1 is 0.837 bits per heavy atom. The largest absolute Gasteiger partial charge is 0.497 e. The molecule has 0 fully saturated rings. The van der Waals surface area contributed by atoms with E-state index in [2.05, 4.69) is 5.32 Å². The van der Waals surface area contributed by atoms with Gasteiger partial charge in [-0.3, -0.25) is 13.9 Å². The predicted molar refractivity (Wildman–Crippen MR) is 183 cm³/mol. The van der Waals surface area contributed by atoms with E-state index < -0.39 is 51.7 Å². The van der Waals surface area contributed by atoms with E-state index in [1.807, 2.05) is 18.2 Å². The molecule has 12 heteroatoms. The van der Waals surface area contributed by atoms with Crippen molar-refractivity contribution in [2.45, 2.75) is 63.3 Å². The lowest BCUT2D eigenvalue weighted by Gasteiger charge is -2.35. The number of benzene rings is 4. The summed E-state index contributed by atoms with van der Waals surface area (Å²) in [7, 11) is -3.09. The van der Waals surface area contributed by atoms with Gasteiger partial charge < -0.3 is 15.0 Å². The molecule has 4 rings (SSSR count). The molecule has 1 N–H and O–H groups in total. The average molecular weight is 696 g/mol. The highest BCUT2D eigenvalue weighted by Crippen LogP contribution is 2.33. The lowest BCUT2D eigenvalue weighted by Crippen LogP contribution is -2.56. The van der Waals surface area contributed by atoms with E-state index >= 15 is 0 Å². The van der Waals surface area contributed by atoms with Gasteiger partial charge in [-0.1, -0.05) is 66.2 Å². The van der Waals surface area contributed by atoms with Crippen molar-refractivity contribution >= 4 is 27.5 Å². The maximum absolute atomic E-state index is 14.6. The van der Waals surface area contributed by atoms with Gasteiger partial charge in [0.15, 0.2) is 0 Å². The highest BCUT2D eigenvalue weighted by Gasteiger charge is 2.37. The van der Waals surface area contributed by atoms with E-state index in [1.165, 1.54) is 30.2 Å². The summed E-state index contributed by atoms with van der Waals surface area (Å²) >= 11 is 0. The number of hydrogen-bond donors (Lipinski definition) is 1. The number of ether oxygens (including phenoxy) is 1. The fourth-order valence-corrected chi connectivity index (χ4v) is 6.58. The van der Waals surface area contributed by atoms with Crippen molar-refractivity contribution in [2.75, 3.05) is 18.0 Å². The van der Waals surface area contributed by atoms with Crippen molar-refractivity contribution in [1.29, 1.82) is 0 Å². The van der Waals surface area contributed by atoms with Gasteiger partial charge >= 0.3 is 6.18 Å². The summed E-state index contributed by atoms with van der Waals surface area (Å²) in [6.45, 7) is 6.12. The second kappa shape index (κ2) is 15.1. The maximum atomic E-state index is 14.6. The van der Waals surface area contributed by atoms with E-state index in [0.717, 1.165) is 23.3 Å². The lowest BCUT2D eigenvalue weighted by atomic mass is 10.0. The summed E-state index contributed by atoms with van der Waals surface area (Å²) in [5.41, 5.74) is -0.0394. The average Bonchev–Trinajstić information content (AvgIpc) is 3.04. The molecule has 0 aliphatic carbocycles.